The van der Waals surface area contributed by atoms with Gasteiger partial charge in [-0.2, -0.15) is 0 Å². The van der Waals surface area contributed by atoms with Crippen LogP contribution in [0.5, 0.6) is 0 Å². The number of halogens is 2. The molecular weight excluding hydrogens is 265 g/mol. The van der Waals surface area contributed by atoms with Gasteiger partial charge in [0.25, 0.3) is 5.69 Å². The molecule has 0 amide bonds. The van der Waals surface area contributed by atoms with Crippen molar-refractivity contribution in [3.8, 4) is 0 Å². The molecule has 1 saturated carbocycles. The van der Waals surface area contributed by atoms with E-state index < -0.39 is 4.92 Å². The highest BCUT2D eigenvalue weighted by atomic mass is 35.5. The van der Waals surface area contributed by atoms with Crippen LogP contribution in [0, 0.1) is 10.1 Å². The van der Waals surface area contributed by atoms with Crippen molar-refractivity contribution < 1.29 is 4.92 Å². The van der Waals surface area contributed by atoms with Crippen molar-refractivity contribution in [2.24, 2.45) is 5.73 Å². The summed E-state index contributed by atoms with van der Waals surface area (Å²) < 4.78 is 0. The van der Waals surface area contributed by atoms with E-state index in [1.807, 2.05) is 0 Å². The molecule has 7 heteroatoms. The number of hydrogen-bond acceptors (Lipinski definition) is 4. The Bertz CT molecular complexity index is 461. The van der Waals surface area contributed by atoms with Crippen LogP contribution < -0.4 is 11.1 Å². The van der Waals surface area contributed by atoms with Crippen molar-refractivity contribution in [1.29, 1.82) is 0 Å². The van der Waals surface area contributed by atoms with Gasteiger partial charge in [-0.1, -0.05) is 23.2 Å². The summed E-state index contributed by atoms with van der Waals surface area (Å²) >= 11 is 11.6. The highest BCUT2D eigenvalue weighted by Gasteiger charge is 2.28. The van der Waals surface area contributed by atoms with Crippen LogP contribution in [0.2, 0.25) is 10.0 Å². The number of nitrogens with two attached hydrogens (primary N) is 1. The molecule has 0 spiro atoms. The number of rotatable bonds is 3. The first-order chi connectivity index (χ1) is 7.97. The van der Waals surface area contributed by atoms with Crippen molar-refractivity contribution in [2.45, 2.75) is 24.9 Å². The number of nitrogens with zero attached hydrogens (tertiary/aromatic N) is 1. The molecule has 0 bridgehead atoms. The molecule has 0 radical (unpaired) electrons. The summed E-state index contributed by atoms with van der Waals surface area (Å²) in [5.41, 5.74) is 5.97. The van der Waals surface area contributed by atoms with Gasteiger partial charge in [0, 0.05) is 18.2 Å². The van der Waals surface area contributed by atoms with Crippen molar-refractivity contribution in [1.82, 2.24) is 0 Å². The number of anilines is 1. The first kappa shape index (κ1) is 12.4. The number of nitro benzene ring substituents is 1. The zero-order valence-electron chi connectivity index (χ0n) is 8.82. The molecular formula is C10H11Cl2N3O2. The van der Waals surface area contributed by atoms with Gasteiger partial charge in [-0.05, 0) is 18.9 Å². The lowest BCUT2D eigenvalue weighted by Gasteiger charge is -2.33. The van der Waals surface area contributed by atoms with E-state index >= 15 is 0 Å². The number of nitrogens with one attached hydrogen (secondary N) is 1. The lowest BCUT2D eigenvalue weighted by molar-refractivity contribution is -0.384. The van der Waals surface area contributed by atoms with Gasteiger partial charge in [0.2, 0.25) is 0 Å². The molecule has 0 atom stereocenters. The Labute approximate surface area is 108 Å². The quantitative estimate of drug-likeness (QED) is 0.657. The normalized spacial score (nSPS) is 23.0. The van der Waals surface area contributed by atoms with Crippen molar-refractivity contribution in [3.05, 3.63) is 32.3 Å². The van der Waals surface area contributed by atoms with Gasteiger partial charge >= 0.3 is 0 Å². The number of nitro groups is 1. The minimum Gasteiger partial charge on any atom is -0.377 e. The second-order valence-electron chi connectivity index (χ2n) is 4.11. The standard InChI is InChI=1S/C10H11Cl2N3O2/c11-7-3-9(14-6-1-5(13)2-6)10(15(16)17)4-8(7)12/h3-6,14H,1-2,13H2. The Balaban J connectivity index is 2.25. The minimum atomic E-state index is -0.483. The molecule has 92 valence electrons. The summed E-state index contributed by atoms with van der Waals surface area (Å²) in [6.07, 6.45) is 1.61. The summed E-state index contributed by atoms with van der Waals surface area (Å²) in [6, 6.07) is 3.08. The average Bonchev–Trinajstić information content (AvgIpc) is 2.20. The fourth-order valence-electron chi connectivity index (χ4n) is 1.80. The molecule has 0 heterocycles. The third-order valence-electron chi connectivity index (χ3n) is 2.77. The van der Waals surface area contributed by atoms with Gasteiger partial charge < -0.3 is 11.1 Å². The van der Waals surface area contributed by atoms with E-state index in [1.54, 1.807) is 0 Å². The van der Waals surface area contributed by atoms with Gasteiger partial charge in [-0.15, -0.1) is 0 Å². The van der Waals surface area contributed by atoms with Gasteiger partial charge in [0.1, 0.15) is 5.69 Å². The number of hydrogen-bond donors (Lipinski definition) is 2. The summed E-state index contributed by atoms with van der Waals surface area (Å²) in [6.45, 7) is 0. The molecule has 2 rings (SSSR count). The predicted octanol–water partition coefficient (Wildman–Crippen LogP) is 2.80. The molecule has 3 N–H and O–H groups in total. The molecule has 1 aliphatic rings. The SMILES string of the molecule is NC1CC(Nc2cc(Cl)c(Cl)cc2[N+](=O)[O-])C1. The Morgan fingerprint density at radius 2 is 1.94 bits per heavy atom. The van der Waals surface area contributed by atoms with Gasteiger partial charge in [-0.3, -0.25) is 10.1 Å². The van der Waals surface area contributed by atoms with Crippen LogP contribution in [0.25, 0.3) is 0 Å². The molecule has 0 aliphatic heterocycles. The van der Waals surface area contributed by atoms with Crippen LogP contribution in [-0.2, 0) is 0 Å². The van der Waals surface area contributed by atoms with E-state index in [4.69, 9.17) is 28.9 Å². The first-order valence-corrected chi connectivity index (χ1v) is 5.88. The molecule has 0 saturated heterocycles. The van der Waals surface area contributed by atoms with Crippen LogP contribution >= 0.6 is 23.2 Å². The van der Waals surface area contributed by atoms with Crippen LogP contribution in [-0.4, -0.2) is 17.0 Å². The van der Waals surface area contributed by atoms with E-state index in [9.17, 15) is 10.1 Å². The maximum atomic E-state index is 10.9. The Hall–Kier alpha value is -1.04. The largest absolute Gasteiger partial charge is 0.377 e. The third kappa shape index (κ3) is 2.62. The van der Waals surface area contributed by atoms with E-state index in [0.29, 0.717) is 10.7 Å². The first-order valence-electron chi connectivity index (χ1n) is 5.13. The van der Waals surface area contributed by atoms with Crippen molar-refractivity contribution >= 4 is 34.6 Å². The van der Waals surface area contributed by atoms with Gasteiger partial charge in [0.05, 0.1) is 15.0 Å². The van der Waals surface area contributed by atoms with Crippen LogP contribution in [0.3, 0.4) is 0 Å². The highest BCUT2D eigenvalue weighted by molar-refractivity contribution is 6.42. The van der Waals surface area contributed by atoms with E-state index in [2.05, 4.69) is 5.32 Å². The molecule has 1 aromatic carbocycles. The average molecular weight is 276 g/mol. The van der Waals surface area contributed by atoms with Crippen LogP contribution in [0.4, 0.5) is 11.4 Å². The predicted molar refractivity (Wildman–Crippen MR) is 67.7 cm³/mol. The second kappa shape index (κ2) is 4.68. The van der Waals surface area contributed by atoms with E-state index in [0.717, 1.165) is 12.8 Å². The summed E-state index contributed by atoms with van der Waals surface area (Å²) in [4.78, 5) is 10.4. The Kier molecular flexibility index (Phi) is 3.42. The molecule has 1 aromatic rings. The fourth-order valence-corrected chi connectivity index (χ4v) is 2.12. The topological polar surface area (TPSA) is 81.2 Å². The van der Waals surface area contributed by atoms with E-state index in [-0.39, 0.29) is 22.8 Å². The zero-order valence-corrected chi connectivity index (χ0v) is 10.3. The minimum absolute atomic E-state index is 0.0696. The molecule has 0 aromatic heterocycles. The summed E-state index contributed by atoms with van der Waals surface area (Å²) in [7, 11) is 0. The molecule has 17 heavy (non-hydrogen) atoms. The third-order valence-corrected chi connectivity index (χ3v) is 3.49. The summed E-state index contributed by atoms with van der Waals surface area (Å²) in [5.74, 6) is 0. The van der Waals surface area contributed by atoms with E-state index in [1.165, 1.54) is 12.1 Å². The Morgan fingerprint density at radius 3 is 2.47 bits per heavy atom. The van der Waals surface area contributed by atoms with Crippen molar-refractivity contribution in [3.63, 3.8) is 0 Å². The van der Waals surface area contributed by atoms with Crippen molar-refractivity contribution in [2.75, 3.05) is 5.32 Å². The van der Waals surface area contributed by atoms with Crippen LogP contribution in [0.1, 0.15) is 12.8 Å². The Morgan fingerprint density at radius 1 is 1.35 bits per heavy atom. The smallest absolute Gasteiger partial charge is 0.293 e. The zero-order chi connectivity index (χ0) is 12.6. The maximum absolute atomic E-state index is 10.9. The lowest BCUT2D eigenvalue weighted by Crippen LogP contribution is -2.44. The maximum Gasteiger partial charge on any atom is 0.293 e. The lowest BCUT2D eigenvalue weighted by atomic mass is 9.87. The van der Waals surface area contributed by atoms with Gasteiger partial charge in [-0.25, -0.2) is 0 Å². The second-order valence-corrected chi connectivity index (χ2v) is 4.93. The number of benzene rings is 1. The van der Waals surface area contributed by atoms with Crippen LogP contribution in [0.15, 0.2) is 12.1 Å². The highest BCUT2D eigenvalue weighted by Crippen LogP contribution is 2.35. The van der Waals surface area contributed by atoms with Gasteiger partial charge in [0.15, 0.2) is 0 Å². The summed E-state index contributed by atoms with van der Waals surface area (Å²) in [5, 5.41) is 14.4. The monoisotopic (exact) mass is 275 g/mol. The molecule has 0 unspecified atom stereocenters. The fraction of sp³-hybridized carbons (Fsp3) is 0.400. The molecule has 1 fully saturated rings. The molecule has 1 aliphatic carbocycles. The molecule has 5 nitrogen and oxygen atoms in total.